The SMILES string of the molecule is CC(C)C[C@@H](NS(N)(=O)=O)C(C)(C)C. The minimum Gasteiger partial charge on any atom is -0.216 e. The molecule has 0 aromatic rings. The summed E-state index contributed by atoms with van der Waals surface area (Å²) in [6, 6.07) is -0.113. The Bertz CT molecular complexity index is 265. The van der Waals surface area contributed by atoms with Crippen LogP contribution in [0.4, 0.5) is 0 Å². The largest absolute Gasteiger partial charge is 0.274 e. The zero-order valence-corrected chi connectivity index (χ0v) is 10.5. The first-order valence-corrected chi connectivity index (χ1v) is 6.37. The van der Waals surface area contributed by atoms with Gasteiger partial charge in [-0.1, -0.05) is 34.6 Å². The van der Waals surface area contributed by atoms with E-state index >= 15 is 0 Å². The van der Waals surface area contributed by atoms with E-state index in [4.69, 9.17) is 5.14 Å². The molecule has 0 aliphatic heterocycles. The number of nitrogens with one attached hydrogen (secondary N) is 1. The highest BCUT2D eigenvalue weighted by atomic mass is 32.2. The Kier molecular flexibility index (Phi) is 4.55. The third-order valence-electron chi connectivity index (χ3n) is 2.06. The average Bonchev–Trinajstić information content (AvgIpc) is 1.78. The Morgan fingerprint density at radius 3 is 1.93 bits per heavy atom. The molecule has 0 bridgehead atoms. The van der Waals surface area contributed by atoms with E-state index in [-0.39, 0.29) is 11.5 Å². The lowest BCUT2D eigenvalue weighted by atomic mass is 9.83. The van der Waals surface area contributed by atoms with Crippen molar-refractivity contribution in [1.82, 2.24) is 4.72 Å². The number of nitrogens with two attached hydrogens (primary N) is 1. The van der Waals surface area contributed by atoms with Crippen LogP contribution in [0.2, 0.25) is 0 Å². The van der Waals surface area contributed by atoms with Crippen LogP contribution in [-0.2, 0) is 10.2 Å². The maximum Gasteiger partial charge on any atom is 0.274 e. The number of hydrogen-bond acceptors (Lipinski definition) is 2. The zero-order chi connectivity index (χ0) is 11.6. The molecule has 0 aromatic carbocycles. The van der Waals surface area contributed by atoms with E-state index in [1.54, 1.807) is 0 Å². The van der Waals surface area contributed by atoms with Crippen LogP contribution in [0.25, 0.3) is 0 Å². The van der Waals surface area contributed by atoms with Gasteiger partial charge in [-0.2, -0.15) is 13.1 Å². The monoisotopic (exact) mass is 222 g/mol. The van der Waals surface area contributed by atoms with E-state index in [0.717, 1.165) is 6.42 Å². The predicted molar refractivity (Wildman–Crippen MR) is 58.9 cm³/mol. The molecule has 1 atom stereocenters. The summed E-state index contributed by atoms with van der Waals surface area (Å²) in [4.78, 5) is 0. The molecule has 0 spiro atoms. The van der Waals surface area contributed by atoms with Crippen LogP contribution in [0.5, 0.6) is 0 Å². The van der Waals surface area contributed by atoms with Crippen LogP contribution in [0.1, 0.15) is 41.0 Å². The Hall–Kier alpha value is -0.130. The van der Waals surface area contributed by atoms with Gasteiger partial charge in [0.2, 0.25) is 0 Å². The Labute approximate surface area is 87.4 Å². The van der Waals surface area contributed by atoms with Gasteiger partial charge in [0, 0.05) is 6.04 Å². The molecule has 0 aromatic heterocycles. The lowest BCUT2D eigenvalue weighted by Crippen LogP contribution is -2.47. The summed E-state index contributed by atoms with van der Waals surface area (Å²) >= 11 is 0. The van der Waals surface area contributed by atoms with Crippen LogP contribution >= 0.6 is 0 Å². The van der Waals surface area contributed by atoms with Crippen LogP contribution < -0.4 is 9.86 Å². The van der Waals surface area contributed by atoms with Crippen LogP contribution in [0, 0.1) is 11.3 Å². The highest BCUT2D eigenvalue weighted by molar-refractivity contribution is 7.87. The van der Waals surface area contributed by atoms with Crippen molar-refractivity contribution in [2.75, 3.05) is 0 Å². The van der Waals surface area contributed by atoms with E-state index < -0.39 is 10.2 Å². The molecule has 0 saturated heterocycles. The fraction of sp³-hybridized carbons (Fsp3) is 1.00. The Balaban J connectivity index is 4.58. The first-order valence-electron chi connectivity index (χ1n) is 4.82. The van der Waals surface area contributed by atoms with Crippen molar-refractivity contribution in [2.24, 2.45) is 16.5 Å². The molecule has 0 radical (unpaired) electrons. The van der Waals surface area contributed by atoms with Gasteiger partial charge in [-0.3, -0.25) is 0 Å². The summed E-state index contributed by atoms with van der Waals surface area (Å²) in [5, 5.41) is 4.97. The smallest absolute Gasteiger partial charge is 0.216 e. The molecule has 5 heteroatoms. The minimum absolute atomic E-state index is 0.113. The second-order valence-corrected chi connectivity index (χ2v) is 6.54. The maximum atomic E-state index is 10.9. The van der Waals surface area contributed by atoms with E-state index in [0.29, 0.717) is 5.92 Å². The predicted octanol–water partition coefficient (Wildman–Crippen LogP) is 1.24. The zero-order valence-electron chi connectivity index (χ0n) is 9.66. The van der Waals surface area contributed by atoms with E-state index in [1.807, 2.05) is 20.8 Å². The molecule has 86 valence electrons. The standard InChI is InChI=1S/C9H22N2O2S/c1-7(2)6-8(9(3,4)5)11-14(10,12)13/h7-8,11H,6H2,1-5H3,(H2,10,12,13)/t8-/m1/s1. The molecule has 14 heavy (non-hydrogen) atoms. The van der Waals surface area contributed by atoms with Gasteiger partial charge in [-0.25, -0.2) is 5.14 Å². The third-order valence-corrected chi connectivity index (χ3v) is 2.67. The van der Waals surface area contributed by atoms with Crippen molar-refractivity contribution in [2.45, 2.75) is 47.1 Å². The first-order chi connectivity index (χ1) is 6.02. The average molecular weight is 222 g/mol. The molecule has 3 N–H and O–H groups in total. The van der Waals surface area contributed by atoms with Gasteiger partial charge in [-0.15, -0.1) is 0 Å². The van der Waals surface area contributed by atoms with Crippen LogP contribution in [0.3, 0.4) is 0 Å². The maximum absolute atomic E-state index is 10.9. The molecule has 0 aliphatic rings. The lowest BCUT2D eigenvalue weighted by molar-refractivity contribution is 0.262. The van der Waals surface area contributed by atoms with E-state index in [9.17, 15) is 8.42 Å². The van der Waals surface area contributed by atoms with Crippen molar-refractivity contribution in [1.29, 1.82) is 0 Å². The van der Waals surface area contributed by atoms with Crippen molar-refractivity contribution in [3.8, 4) is 0 Å². The van der Waals surface area contributed by atoms with Crippen molar-refractivity contribution < 1.29 is 8.42 Å². The van der Waals surface area contributed by atoms with Gasteiger partial charge < -0.3 is 0 Å². The number of rotatable bonds is 4. The molecular weight excluding hydrogens is 200 g/mol. The minimum atomic E-state index is -3.60. The van der Waals surface area contributed by atoms with Crippen molar-refractivity contribution in [3.05, 3.63) is 0 Å². The topological polar surface area (TPSA) is 72.2 Å². The molecule has 0 fully saturated rings. The van der Waals surface area contributed by atoms with Crippen molar-refractivity contribution in [3.63, 3.8) is 0 Å². The highest BCUT2D eigenvalue weighted by Crippen LogP contribution is 2.24. The van der Waals surface area contributed by atoms with Gasteiger partial charge in [0.1, 0.15) is 0 Å². The Morgan fingerprint density at radius 1 is 1.29 bits per heavy atom. The quantitative estimate of drug-likeness (QED) is 0.751. The molecule has 0 amide bonds. The first kappa shape index (κ1) is 13.9. The van der Waals surface area contributed by atoms with Gasteiger partial charge in [0.25, 0.3) is 10.2 Å². The molecule has 4 nitrogen and oxygen atoms in total. The Morgan fingerprint density at radius 2 is 1.71 bits per heavy atom. The summed E-state index contributed by atoms with van der Waals surface area (Å²) in [6.45, 7) is 10.1. The van der Waals surface area contributed by atoms with Gasteiger partial charge in [0.15, 0.2) is 0 Å². The molecule has 0 saturated carbocycles. The summed E-state index contributed by atoms with van der Waals surface area (Å²) in [7, 11) is -3.60. The van der Waals surface area contributed by atoms with Gasteiger partial charge in [0.05, 0.1) is 0 Å². The summed E-state index contributed by atoms with van der Waals surface area (Å²) in [5.41, 5.74) is -0.114. The normalized spacial score (nSPS) is 15.9. The van der Waals surface area contributed by atoms with Crippen molar-refractivity contribution >= 4 is 10.2 Å². The second-order valence-electron chi connectivity index (χ2n) is 5.21. The summed E-state index contributed by atoms with van der Waals surface area (Å²) in [6.07, 6.45) is 0.792. The second kappa shape index (κ2) is 4.59. The molecule has 0 unspecified atom stereocenters. The van der Waals surface area contributed by atoms with Gasteiger partial charge >= 0.3 is 0 Å². The summed E-state index contributed by atoms with van der Waals surface area (Å²) in [5.74, 6) is 0.438. The fourth-order valence-corrected chi connectivity index (χ4v) is 2.09. The molecule has 0 aliphatic carbocycles. The lowest BCUT2D eigenvalue weighted by Gasteiger charge is -2.31. The molecule has 0 rings (SSSR count). The van der Waals surface area contributed by atoms with Crippen LogP contribution in [0.15, 0.2) is 0 Å². The van der Waals surface area contributed by atoms with Crippen LogP contribution in [-0.4, -0.2) is 14.5 Å². The summed E-state index contributed by atoms with van der Waals surface area (Å²) < 4.78 is 24.4. The van der Waals surface area contributed by atoms with E-state index in [1.165, 1.54) is 0 Å². The van der Waals surface area contributed by atoms with Gasteiger partial charge in [-0.05, 0) is 17.8 Å². The number of hydrogen-bond donors (Lipinski definition) is 2. The third kappa shape index (κ3) is 6.34. The molecular formula is C9H22N2O2S. The molecule has 0 heterocycles. The fourth-order valence-electron chi connectivity index (χ4n) is 1.25. The van der Waals surface area contributed by atoms with E-state index in [2.05, 4.69) is 18.6 Å². The highest BCUT2D eigenvalue weighted by Gasteiger charge is 2.27.